The Hall–Kier alpha value is -2.96. The molecule has 1 aliphatic heterocycles. The quantitative estimate of drug-likeness (QED) is 0.491. The SMILES string of the molecule is O=S(=O)(NCCCN1CCN(c2ncccn2)CC1)c1cccc(-n2cnnn2)c1. The number of tetrazole rings is 1. The summed E-state index contributed by atoms with van der Waals surface area (Å²) in [5, 5.41) is 10.9. The lowest BCUT2D eigenvalue weighted by Gasteiger charge is -2.34. The van der Waals surface area contributed by atoms with E-state index in [0.717, 1.165) is 45.1 Å². The Morgan fingerprint density at radius 1 is 1.03 bits per heavy atom. The van der Waals surface area contributed by atoms with Gasteiger partial charge in [-0.3, -0.25) is 4.90 Å². The maximum Gasteiger partial charge on any atom is 0.240 e. The standard InChI is InChI=1S/C18H23N9O2S/c28-30(29,17-5-1-4-16(14-17)27-15-21-23-24-27)22-8-3-9-25-10-12-26(13-11-25)18-19-6-2-7-20-18/h1-2,4-7,14-15,22H,3,8-13H2. The lowest BCUT2D eigenvalue weighted by atomic mass is 10.3. The van der Waals surface area contributed by atoms with Crippen LogP contribution in [0.3, 0.4) is 0 Å². The van der Waals surface area contributed by atoms with Crippen molar-refractivity contribution in [1.82, 2.24) is 39.8 Å². The van der Waals surface area contributed by atoms with E-state index in [0.29, 0.717) is 12.2 Å². The number of anilines is 1. The van der Waals surface area contributed by atoms with Crippen LogP contribution < -0.4 is 9.62 Å². The Bertz CT molecular complexity index is 1040. The lowest BCUT2D eigenvalue weighted by Crippen LogP contribution is -2.47. The summed E-state index contributed by atoms with van der Waals surface area (Å²) in [5.41, 5.74) is 0.586. The molecule has 0 spiro atoms. The highest BCUT2D eigenvalue weighted by atomic mass is 32.2. The van der Waals surface area contributed by atoms with Crippen molar-refractivity contribution in [3.63, 3.8) is 0 Å². The number of benzene rings is 1. The summed E-state index contributed by atoms with van der Waals surface area (Å²) in [6.07, 6.45) is 5.65. The molecule has 3 aromatic rings. The molecule has 1 aromatic carbocycles. The van der Waals surface area contributed by atoms with Crippen molar-refractivity contribution in [1.29, 1.82) is 0 Å². The zero-order valence-corrected chi connectivity index (χ0v) is 17.2. The topological polar surface area (TPSA) is 122 Å². The van der Waals surface area contributed by atoms with E-state index in [2.05, 4.69) is 40.0 Å². The van der Waals surface area contributed by atoms with Crippen LogP contribution in [0.2, 0.25) is 0 Å². The molecule has 0 bridgehead atoms. The van der Waals surface area contributed by atoms with E-state index >= 15 is 0 Å². The first-order valence-corrected chi connectivity index (χ1v) is 11.2. The predicted molar refractivity (Wildman–Crippen MR) is 110 cm³/mol. The number of nitrogens with one attached hydrogen (secondary N) is 1. The van der Waals surface area contributed by atoms with Gasteiger partial charge in [0.25, 0.3) is 0 Å². The van der Waals surface area contributed by atoms with Crippen molar-refractivity contribution in [2.24, 2.45) is 0 Å². The normalized spacial score (nSPS) is 15.4. The second kappa shape index (κ2) is 9.24. The minimum atomic E-state index is -3.60. The fraction of sp³-hybridized carbons (Fsp3) is 0.389. The fourth-order valence-corrected chi connectivity index (χ4v) is 4.40. The summed E-state index contributed by atoms with van der Waals surface area (Å²) in [4.78, 5) is 13.3. The Labute approximate surface area is 174 Å². The number of aromatic nitrogens is 6. The molecule has 2 aromatic heterocycles. The van der Waals surface area contributed by atoms with E-state index in [1.165, 1.54) is 11.0 Å². The highest BCUT2D eigenvalue weighted by Gasteiger charge is 2.19. The average molecular weight is 430 g/mol. The van der Waals surface area contributed by atoms with Crippen LogP contribution in [0.15, 0.2) is 53.9 Å². The third kappa shape index (κ3) is 4.96. The molecule has 0 unspecified atom stereocenters. The number of sulfonamides is 1. The lowest BCUT2D eigenvalue weighted by molar-refractivity contribution is 0.254. The molecule has 158 valence electrons. The molecular formula is C18H23N9O2S. The maximum atomic E-state index is 12.6. The average Bonchev–Trinajstić information content (AvgIpc) is 3.33. The Kier molecular flexibility index (Phi) is 6.26. The van der Waals surface area contributed by atoms with Gasteiger partial charge in [0.15, 0.2) is 0 Å². The predicted octanol–water partition coefficient (Wildman–Crippen LogP) is -0.0571. The first kappa shape index (κ1) is 20.3. The molecule has 0 aliphatic carbocycles. The fourth-order valence-electron chi connectivity index (χ4n) is 3.29. The molecule has 1 fully saturated rings. The van der Waals surface area contributed by atoms with Crippen molar-refractivity contribution in [3.8, 4) is 5.69 Å². The van der Waals surface area contributed by atoms with E-state index < -0.39 is 10.0 Å². The maximum absolute atomic E-state index is 12.6. The molecule has 1 aliphatic rings. The largest absolute Gasteiger partial charge is 0.338 e. The van der Waals surface area contributed by atoms with Crippen LogP contribution in [-0.4, -0.2) is 82.8 Å². The van der Waals surface area contributed by atoms with Crippen molar-refractivity contribution in [2.75, 3.05) is 44.2 Å². The number of nitrogens with zero attached hydrogens (tertiary/aromatic N) is 8. The second-order valence-electron chi connectivity index (χ2n) is 6.88. The Morgan fingerprint density at radius 3 is 2.57 bits per heavy atom. The summed E-state index contributed by atoms with van der Waals surface area (Å²) >= 11 is 0. The molecule has 4 rings (SSSR count). The van der Waals surface area contributed by atoms with Gasteiger partial charge in [0.2, 0.25) is 16.0 Å². The third-order valence-corrected chi connectivity index (χ3v) is 6.35. The molecule has 1 saturated heterocycles. The van der Waals surface area contributed by atoms with Gasteiger partial charge in [0.05, 0.1) is 10.6 Å². The highest BCUT2D eigenvalue weighted by molar-refractivity contribution is 7.89. The molecule has 0 amide bonds. The van der Waals surface area contributed by atoms with Crippen molar-refractivity contribution in [2.45, 2.75) is 11.3 Å². The first-order valence-electron chi connectivity index (χ1n) is 9.69. The van der Waals surface area contributed by atoms with E-state index in [-0.39, 0.29) is 4.90 Å². The summed E-state index contributed by atoms with van der Waals surface area (Å²) in [6, 6.07) is 8.32. The van der Waals surface area contributed by atoms with Gasteiger partial charge in [0.1, 0.15) is 6.33 Å². The molecule has 1 N–H and O–H groups in total. The van der Waals surface area contributed by atoms with Gasteiger partial charge in [-0.25, -0.2) is 27.8 Å². The third-order valence-electron chi connectivity index (χ3n) is 4.89. The second-order valence-corrected chi connectivity index (χ2v) is 8.65. The van der Waals surface area contributed by atoms with Crippen LogP contribution in [0, 0.1) is 0 Å². The van der Waals surface area contributed by atoms with Crippen molar-refractivity contribution in [3.05, 3.63) is 49.1 Å². The first-order chi connectivity index (χ1) is 14.6. The van der Waals surface area contributed by atoms with Crippen molar-refractivity contribution >= 4 is 16.0 Å². The summed E-state index contributed by atoms with van der Waals surface area (Å²) in [5.74, 6) is 0.758. The van der Waals surface area contributed by atoms with Gasteiger partial charge in [-0.05, 0) is 47.7 Å². The molecule has 0 radical (unpaired) electrons. The van der Waals surface area contributed by atoms with Crippen LogP contribution in [0.1, 0.15) is 6.42 Å². The zero-order valence-electron chi connectivity index (χ0n) is 16.4. The molecule has 3 heterocycles. The summed E-state index contributed by atoms with van der Waals surface area (Å²) in [6.45, 7) is 4.73. The van der Waals surface area contributed by atoms with E-state index in [4.69, 9.17) is 0 Å². The molecule has 30 heavy (non-hydrogen) atoms. The molecule has 0 saturated carbocycles. The highest BCUT2D eigenvalue weighted by Crippen LogP contribution is 2.14. The van der Waals surface area contributed by atoms with E-state index in [1.54, 1.807) is 36.7 Å². The van der Waals surface area contributed by atoms with Crippen LogP contribution >= 0.6 is 0 Å². The molecule has 0 atom stereocenters. The molecule has 11 nitrogen and oxygen atoms in total. The van der Waals surface area contributed by atoms with Gasteiger partial charge < -0.3 is 4.90 Å². The van der Waals surface area contributed by atoms with Gasteiger partial charge in [-0.1, -0.05) is 6.07 Å². The number of piperazine rings is 1. The Morgan fingerprint density at radius 2 is 1.83 bits per heavy atom. The summed E-state index contributed by atoms with van der Waals surface area (Å²) in [7, 11) is -3.60. The summed E-state index contributed by atoms with van der Waals surface area (Å²) < 4.78 is 29.3. The Balaban J connectivity index is 1.23. The van der Waals surface area contributed by atoms with Crippen LogP contribution in [0.5, 0.6) is 0 Å². The van der Waals surface area contributed by atoms with Gasteiger partial charge in [-0.15, -0.1) is 5.10 Å². The van der Waals surface area contributed by atoms with E-state index in [9.17, 15) is 8.42 Å². The minimum absolute atomic E-state index is 0.187. The van der Waals surface area contributed by atoms with Crippen LogP contribution in [0.25, 0.3) is 5.69 Å². The minimum Gasteiger partial charge on any atom is -0.338 e. The van der Waals surface area contributed by atoms with E-state index in [1.807, 2.05) is 6.07 Å². The smallest absolute Gasteiger partial charge is 0.240 e. The number of rotatable bonds is 8. The molecular weight excluding hydrogens is 406 g/mol. The monoisotopic (exact) mass is 429 g/mol. The van der Waals surface area contributed by atoms with Crippen molar-refractivity contribution < 1.29 is 8.42 Å². The van der Waals surface area contributed by atoms with Crippen LogP contribution in [-0.2, 0) is 10.0 Å². The van der Waals surface area contributed by atoms with Crippen LogP contribution in [0.4, 0.5) is 5.95 Å². The van der Waals surface area contributed by atoms with Gasteiger partial charge in [-0.2, -0.15) is 0 Å². The zero-order chi connectivity index (χ0) is 20.8. The number of hydrogen-bond acceptors (Lipinski definition) is 9. The molecule has 12 heteroatoms. The van der Waals surface area contributed by atoms with Gasteiger partial charge in [0, 0.05) is 45.1 Å². The van der Waals surface area contributed by atoms with Gasteiger partial charge >= 0.3 is 0 Å². The number of hydrogen-bond donors (Lipinski definition) is 1.